The zero-order valence-corrected chi connectivity index (χ0v) is 8.33. The lowest BCUT2D eigenvalue weighted by Crippen LogP contribution is -2.12. The van der Waals surface area contributed by atoms with E-state index in [1.165, 1.54) is 0 Å². The van der Waals surface area contributed by atoms with E-state index >= 15 is 0 Å². The highest BCUT2D eigenvalue weighted by molar-refractivity contribution is 5.28. The van der Waals surface area contributed by atoms with Crippen LogP contribution in [-0.4, -0.2) is 39.6 Å². The van der Waals surface area contributed by atoms with Gasteiger partial charge in [-0.2, -0.15) is 0 Å². The minimum absolute atomic E-state index is 0.441. The van der Waals surface area contributed by atoms with Crippen LogP contribution in [0.3, 0.4) is 0 Å². The van der Waals surface area contributed by atoms with E-state index in [0.29, 0.717) is 18.9 Å². The first-order chi connectivity index (χ1) is 6.29. The summed E-state index contributed by atoms with van der Waals surface area (Å²) in [5, 5.41) is 11.7. The molecule has 4 nitrogen and oxygen atoms in total. The van der Waals surface area contributed by atoms with Crippen molar-refractivity contribution < 1.29 is 14.6 Å². The van der Waals surface area contributed by atoms with Crippen molar-refractivity contribution in [2.45, 2.75) is 0 Å². The lowest BCUT2D eigenvalue weighted by Gasteiger charge is -2.09. The van der Waals surface area contributed by atoms with Crippen molar-refractivity contribution >= 4 is 0 Å². The second-order valence-corrected chi connectivity index (χ2v) is 2.41. The monoisotopic (exact) mass is 187 g/mol. The molecule has 0 saturated heterocycles. The van der Waals surface area contributed by atoms with Gasteiger partial charge >= 0.3 is 0 Å². The molecule has 2 N–H and O–H groups in total. The molecule has 0 aliphatic heterocycles. The summed E-state index contributed by atoms with van der Waals surface area (Å²) in [4.78, 5) is 0. The molecule has 0 amide bonds. The summed E-state index contributed by atoms with van der Waals surface area (Å²) in [6, 6.07) is 0. The van der Waals surface area contributed by atoms with E-state index in [-0.39, 0.29) is 0 Å². The summed E-state index contributed by atoms with van der Waals surface area (Å²) in [6.45, 7) is 0.939. The summed E-state index contributed by atoms with van der Waals surface area (Å²) in [6.07, 6.45) is 2.86. The maximum Gasteiger partial charge on any atom is 0.103 e. The smallest absolute Gasteiger partial charge is 0.103 e. The van der Waals surface area contributed by atoms with Gasteiger partial charge in [0.25, 0.3) is 0 Å². The maximum atomic E-state index is 8.86. The van der Waals surface area contributed by atoms with Crippen molar-refractivity contribution in [3.05, 3.63) is 23.6 Å². The number of hydrogen-bond donors (Lipinski definition) is 2. The summed E-state index contributed by atoms with van der Waals surface area (Å²) >= 11 is 0. The van der Waals surface area contributed by atoms with Crippen LogP contribution in [0.15, 0.2) is 23.6 Å². The summed E-state index contributed by atoms with van der Waals surface area (Å²) < 4.78 is 9.86. The summed E-state index contributed by atoms with van der Waals surface area (Å²) in [5.74, 6) is 0. The highest BCUT2D eigenvalue weighted by Crippen LogP contribution is 2.05. The van der Waals surface area contributed by atoms with Crippen LogP contribution in [0.2, 0.25) is 0 Å². The Hall–Kier alpha value is -1.00. The quantitative estimate of drug-likeness (QED) is 0.477. The molecule has 0 rings (SSSR count). The van der Waals surface area contributed by atoms with E-state index in [0.717, 1.165) is 11.8 Å². The highest BCUT2D eigenvalue weighted by Gasteiger charge is 2.02. The van der Waals surface area contributed by atoms with Crippen molar-refractivity contribution in [3.63, 3.8) is 0 Å². The lowest BCUT2D eigenvalue weighted by molar-refractivity contribution is 0.217. The number of nitrogens with one attached hydrogen (secondary N) is 1. The van der Waals surface area contributed by atoms with E-state index in [1.54, 1.807) is 21.3 Å². The molecule has 0 unspecified atom stereocenters. The molecule has 13 heavy (non-hydrogen) atoms. The van der Waals surface area contributed by atoms with Gasteiger partial charge in [-0.15, -0.1) is 0 Å². The molecule has 0 aliphatic rings. The topological polar surface area (TPSA) is 50.7 Å². The van der Waals surface area contributed by atoms with Crippen LogP contribution < -0.4 is 5.32 Å². The molecular formula is C9H17NO3. The molecule has 0 aromatic heterocycles. The number of hydrogen-bond acceptors (Lipinski definition) is 4. The van der Waals surface area contributed by atoms with Crippen molar-refractivity contribution in [1.29, 1.82) is 0 Å². The minimum atomic E-state index is 0.441. The molecule has 76 valence electrons. The fourth-order valence-corrected chi connectivity index (χ4v) is 0.894. The van der Waals surface area contributed by atoms with Crippen LogP contribution in [0, 0.1) is 0 Å². The molecule has 0 fully saturated rings. The second-order valence-electron chi connectivity index (χ2n) is 2.41. The number of rotatable bonds is 6. The van der Waals surface area contributed by atoms with Gasteiger partial charge < -0.3 is 19.9 Å². The van der Waals surface area contributed by atoms with Gasteiger partial charge in [0.05, 0.1) is 18.9 Å². The van der Waals surface area contributed by atoms with Gasteiger partial charge in [-0.1, -0.05) is 6.08 Å². The third-order valence-corrected chi connectivity index (χ3v) is 1.54. The van der Waals surface area contributed by atoms with Crippen molar-refractivity contribution in [2.24, 2.45) is 0 Å². The molecule has 0 heterocycles. The van der Waals surface area contributed by atoms with E-state index in [4.69, 9.17) is 14.6 Å². The molecule has 0 bridgehead atoms. The van der Waals surface area contributed by atoms with Crippen LogP contribution in [0.1, 0.15) is 0 Å². The maximum absolute atomic E-state index is 8.86. The molecule has 0 aromatic rings. The first-order valence-electron chi connectivity index (χ1n) is 3.99. The summed E-state index contributed by atoms with van der Waals surface area (Å²) in [5.41, 5.74) is 1.51. The van der Waals surface area contributed by atoms with Crippen LogP contribution >= 0.6 is 0 Å². The first-order valence-corrected chi connectivity index (χ1v) is 3.99. The number of ether oxygens (including phenoxy) is 2. The summed E-state index contributed by atoms with van der Waals surface area (Å²) in [7, 11) is 4.95. The second kappa shape index (κ2) is 7.64. The van der Waals surface area contributed by atoms with Gasteiger partial charge in [0.2, 0.25) is 0 Å². The Morgan fingerprint density at radius 3 is 2.46 bits per heavy atom. The highest BCUT2D eigenvalue weighted by atomic mass is 16.5. The fourth-order valence-electron chi connectivity index (χ4n) is 0.894. The van der Waals surface area contributed by atoms with Crippen LogP contribution in [0.5, 0.6) is 0 Å². The Bertz CT molecular complexity index is 187. The van der Waals surface area contributed by atoms with Crippen molar-refractivity contribution in [3.8, 4) is 0 Å². The molecule has 0 spiro atoms. The molecule has 0 radical (unpaired) electrons. The minimum Gasteiger partial charge on any atom is -0.513 e. The Morgan fingerprint density at radius 2 is 2.08 bits per heavy atom. The predicted octanol–water partition coefficient (Wildman–Crippen LogP) is 0.824. The van der Waals surface area contributed by atoms with Gasteiger partial charge in [0, 0.05) is 26.8 Å². The lowest BCUT2D eigenvalue weighted by atomic mass is 10.2. The van der Waals surface area contributed by atoms with Crippen molar-refractivity contribution in [2.75, 3.05) is 34.5 Å². The van der Waals surface area contributed by atoms with Crippen LogP contribution in [0.25, 0.3) is 0 Å². The molecule has 0 aliphatic carbocycles. The fraction of sp³-hybridized carbons (Fsp3) is 0.556. The van der Waals surface area contributed by atoms with Gasteiger partial charge in [0.15, 0.2) is 0 Å². The number of methoxy groups -OCH3 is 2. The average molecular weight is 187 g/mol. The zero-order chi connectivity index (χ0) is 10.1. The number of aliphatic hydroxyl groups is 1. The predicted molar refractivity (Wildman–Crippen MR) is 51.6 cm³/mol. The number of likely N-dealkylation sites (N-methyl/N-ethyl adjacent to an activating group) is 1. The number of aliphatic hydroxyl groups excluding tert-OH is 1. The Kier molecular flexibility index (Phi) is 7.05. The van der Waals surface area contributed by atoms with E-state index < -0.39 is 0 Å². The van der Waals surface area contributed by atoms with Gasteiger partial charge in [-0.3, -0.25) is 0 Å². The normalized spacial score (nSPS) is 13.2. The third kappa shape index (κ3) is 4.55. The third-order valence-electron chi connectivity index (χ3n) is 1.54. The first kappa shape index (κ1) is 12.0. The molecule has 0 atom stereocenters. The molecule has 4 heteroatoms. The molecule has 0 saturated carbocycles. The Labute approximate surface area is 78.9 Å². The molecule has 0 aromatic carbocycles. The van der Waals surface area contributed by atoms with E-state index in [1.807, 2.05) is 6.08 Å². The van der Waals surface area contributed by atoms with E-state index in [2.05, 4.69) is 5.32 Å². The van der Waals surface area contributed by atoms with Gasteiger partial charge in [0.1, 0.15) is 6.26 Å². The SMILES string of the molecule is CNC(=C/O)/C(=C\COC)COC. The van der Waals surface area contributed by atoms with Crippen molar-refractivity contribution in [1.82, 2.24) is 5.32 Å². The standard InChI is InChI=1S/C9H17NO3/c1-10-9(6-11)8(7-13-3)4-5-12-2/h4,6,10-11H,5,7H2,1-3H3/b8-4-,9-6+. The van der Waals surface area contributed by atoms with Crippen LogP contribution in [-0.2, 0) is 9.47 Å². The van der Waals surface area contributed by atoms with Gasteiger partial charge in [-0.25, -0.2) is 0 Å². The average Bonchev–Trinajstić information content (AvgIpc) is 2.16. The molecular weight excluding hydrogens is 170 g/mol. The Balaban J connectivity index is 4.38. The van der Waals surface area contributed by atoms with Gasteiger partial charge in [-0.05, 0) is 0 Å². The van der Waals surface area contributed by atoms with E-state index in [9.17, 15) is 0 Å². The zero-order valence-electron chi connectivity index (χ0n) is 8.33. The largest absolute Gasteiger partial charge is 0.513 e. The van der Waals surface area contributed by atoms with Crippen LogP contribution in [0.4, 0.5) is 0 Å². The Morgan fingerprint density at radius 1 is 1.38 bits per heavy atom.